The van der Waals surface area contributed by atoms with Crippen LogP contribution >= 0.6 is 11.3 Å². The Bertz CT molecular complexity index is 1390. The number of amides is 1. The number of aromatic nitrogens is 1. The molecule has 1 saturated heterocycles. The quantitative estimate of drug-likeness (QED) is 0.0352. The highest BCUT2D eigenvalue weighted by molar-refractivity contribution is 7.85. The highest BCUT2D eigenvalue weighted by atomic mass is 32.2. The van der Waals surface area contributed by atoms with Gasteiger partial charge >= 0.3 is 12.1 Å². The number of nitrogens with zero attached hydrogens (tertiary/aromatic N) is 1. The van der Waals surface area contributed by atoms with Gasteiger partial charge in [0.15, 0.2) is 6.20 Å². The van der Waals surface area contributed by atoms with Crippen molar-refractivity contribution in [3.05, 3.63) is 46.9 Å². The lowest BCUT2D eigenvalue weighted by Gasteiger charge is -2.31. The lowest BCUT2D eigenvalue weighted by molar-refractivity contribution is -0.692. The highest BCUT2D eigenvalue weighted by Gasteiger charge is 2.30. The molecule has 1 aromatic heterocycles. The van der Waals surface area contributed by atoms with Crippen molar-refractivity contribution < 1.29 is 46.1 Å². The third-order valence-corrected chi connectivity index (χ3v) is 11.7. The molecule has 1 aromatic carbocycles. The van der Waals surface area contributed by atoms with E-state index in [2.05, 4.69) is 33.9 Å². The molecule has 13 heteroatoms. The Morgan fingerprint density at radius 1 is 0.895 bits per heavy atom. The van der Waals surface area contributed by atoms with Gasteiger partial charge in [-0.1, -0.05) is 132 Å². The third-order valence-electron chi connectivity index (χ3n) is 10.1. The van der Waals surface area contributed by atoms with Crippen LogP contribution < -0.4 is 9.88 Å². The SMILES string of the molecule is CCCCCCCCCCCCCCCCCNC(=O)O[C@@H]1CCCO[C@H]1COCC(CCCCCC[n+]1ccsc1)OC(C)=O.Cc1ccc(S(=O)(=O)[O-])cc1. The molecular weight excluding hydrogens is 765 g/mol. The summed E-state index contributed by atoms with van der Waals surface area (Å²) in [5, 5.41) is 5.01. The summed E-state index contributed by atoms with van der Waals surface area (Å²) in [4.78, 5) is 23.9. The largest absolute Gasteiger partial charge is 0.744 e. The standard InChI is InChI=1S/C37H66N2O6S.C7H8O3S/c1-3-4-5-6-7-8-9-10-11-12-13-14-15-17-20-25-38-37(41)45-35-24-22-28-43-36(35)31-42-30-34(44-33(2)40)23-19-16-18-21-26-39-27-29-46-32-39;1-6-2-4-7(5-3-6)11(8,9)10/h27,29,32,34-36H,3-26,28,30-31H2,1-2H3;2-5H,1H3,(H,8,9,10)/t34?,35-,36+;/m1./s1. The van der Waals surface area contributed by atoms with E-state index in [1.165, 1.54) is 103 Å². The van der Waals surface area contributed by atoms with Crippen molar-refractivity contribution >= 4 is 33.5 Å². The van der Waals surface area contributed by atoms with Gasteiger partial charge in [0, 0.05) is 26.5 Å². The van der Waals surface area contributed by atoms with Crippen molar-refractivity contribution in [1.82, 2.24) is 5.32 Å². The zero-order chi connectivity index (χ0) is 41.4. The summed E-state index contributed by atoms with van der Waals surface area (Å²) in [7, 11) is -4.27. The van der Waals surface area contributed by atoms with E-state index >= 15 is 0 Å². The van der Waals surface area contributed by atoms with E-state index in [0.29, 0.717) is 26.4 Å². The average molecular weight is 839 g/mol. The van der Waals surface area contributed by atoms with Crippen LogP contribution in [0.3, 0.4) is 0 Å². The average Bonchev–Trinajstić information content (AvgIpc) is 3.70. The monoisotopic (exact) mass is 838 g/mol. The lowest BCUT2D eigenvalue weighted by Crippen LogP contribution is -2.43. The smallest absolute Gasteiger partial charge is 0.407 e. The first kappa shape index (κ1) is 50.6. The topological polar surface area (TPSA) is 144 Å². The number of esters is 1. The van der Waals surface area contributed by atoms with Gasteiger partial charge in [-0.25, -0.2) is 13.2 Å². The number of unbranched alkanes of at least 4 members (excludes halogenated alkanes) is 17. The number of thiazole rings is 1. The number of carbonyl (C=O) groups excluding carboxylic acids is 2. The Labute approximate surface area is 348 Å². The number of alkyl carbamates (subject to hydrolysis) is 1. The molecule has 1 unspecified atom stereocenters. The number of hydrogen-bond donors (Lipinski definition) is 1. The fourth-order valence-corrected chi connectivity index (χ4v) is 7.91. The van der Waals surface area contributed by atoms with Gasteiger partial charge in [0.2, 0.25) is 5.51 Å². The highest BCUT2D eigenvalue weighted by Crippen LogP contribution is 2.19. The van der Waals surface area contributed by atoms with Crippen molar-refractivity contribution in [2.75, 3.05) is 26.4 Å². The maximum Gasteiger partial charge on any atom is 0.407 e. The molecule has 1 fully saturated rings. The van der Waals surface area contributed by atoms with E-state index in [1.54, 1.807) is 23.5 Å². The molecule has 3 rings (SSSR count). The minimum Gasteiger partial charge on any atom is -0.744 e. The second kappa shape index (κ2) is 32.3. The Morgan fingerprint density at radius 3 is 2.07 bits per heavy atom. The van der Waals surface area contributed by atoms with Crippen LogP contribution in [0.1, 0.15) is 161 Å². The normalized spacial score (nSPS) is 16.0. The van der Waals surface area contributed by atoms with Crippen molar-refractivity contribution in [1.29, 1.82) is 0 Å². The summed E-state index contributed by atoms with van der Waals surface area (Å²) >= 11 is 1.71. The molecular formula is C44H74N2O9S2. The number of rotatable bonds is 30. The zero-order valence-electron chi connectivity index (χ0n) is 35.3. The third kappa shape index (κ3) is 26.9. The van der Waals surface area contributed by atoms with Crippen LogP contribution in [-0.2, 0) is 40.4 Å². The predicted molar refractivity (Wildman–Crippen MR) is 225 cm³/mol. The van der Waals surface area contributed by atoms with Gasteiger partial charge in [-0.2, -0.15) is 4.57 Å². The maximum absolute atomic E-state index is 12.5. The van der Waals surface area contributed by atoms with E-state index in [-0.39, 0.29) is 35.3 Å². The zero-order valence-corrected chi connectivity index (χ0v) is 36.9. The maximum atomic E-state index is 12.5. The van der Waals surface area contributed by atoms with Gasteiger partial charge in [0.05, 0.1) is 23.5 Å². The lowest BCUT2D eigenvalue weighted by atomic mass is 10.0. The minimum absolute atomic E-state index is 0.178. The van der Waals surface area contributed by atoms with Crippen molar-refractivity contribution in [3.8, 4) is 0 Å². The summed E-state index contributed by atoms with van der Waals surface area (Å²) in [6, 6.07) is 5.78. The summed E-state index contributed by atoms with van der Waals surface area (Å²) < 4.78 is 56.5. The predicted octanol–water partition coefficient (Wildman–Crippen LogP) is 9.98. The van der Waals surface area contributed by atoms with Crippen LogP contribution in [0.4, 0.5) is 4.79 Å². The molecule has 326 valence electrons. The van der Waals surface area contributed by atoms with E-state index in [1.807, 2.05) is 6.92 Å². The molecule has 2 aromatic rings. The number of aryl methyl sites for hydroxylation is 2. The first-order valence-electron chi connectivity index (χ1n) is 21.8. The summed E-state index contributed by atoms with van der Waals surface area (Å²) in [5.41, 5.74) is 3.06. The molecule has 0 bridgehead atoms. The second-order valence-electron chi connectivity index (χ2n) is 15.4. The van der Waals surface area contributed by atoms with Gasteiger partial charge in [-0.3, -0.25) is 4.79 Å². The molecule has 2 heterocycles. The molecule has 1 aliphatic rings. The van der Waals surface area contributed by atoms with E-state index in [9.17, 15) is 22.6 Å². The Kier molecular flexibility index (Phi) is 28.6. The van der Waals surface area contributed by atoms with Crippen LogP contribution in [0.25, 0.3) is 0 Å². The summed E-state index contributed by atoms with van der Waals surface area (Å²) in [6.45, 7) is 8.49. The molecule has 57 heavy (non-hydrogen) atoms. The van der Waals surface area contributed by atoms with Crippen LogP contribution in [0.5, 0.6) is 0 Å². The number of nitrogens with one attached hydrogen (secondary N) is 1. The van der Waals surface area contributed by atoms with E-state index in [0.717, 1.165) is 69.9 Å². The first-order valence-corrected chi connectivity index (χ1v) is 24.2. The Morgan fingerprint density at radius 2 is 1.49 bits per heavy atom. The number of ether oxygens (including phenoxy) is 4. The van der Waals surface area contributed by atoms with Gasteiger partial charge in [0.1, 0.15) is 35.0 Å². The number of carbonyl (C=O) groups is 2. The van der Waals surface area contributed by atoms with Gasteiger partial charge in [-0.15, -0.1) is 0 Å². The van der Waals surface area contributed by atoms with Gasteiger partial charge in [0.25, 0.3) is 0 Å². The molecule has 11 nitrogen and oxygen atoms in total. The first-order chi connectivity index (χ1) is 27.6. The molecule has 1 amide bonds. The second-order valence-corrected chi connectivity index (χ2v) is 17.5. The van der Waals surface area contributed by atoms with Crippen molar-refractivity contribution in [2.24, 2.45) is 0 Å². The van der Waals surface area contributed by atoms with Crippen molar-refractivity contribution in [3.63, 3.8) is 0 Å². The Hall–Kier alpha value is -2.58. The fourth-order valence-electron chi connectivity index (χ4n) is 6.81. The van der Waals surface area contributed by atoms with Gasteiger partial charge < -0.3 is 28.8 Å². The van der Waals surface area contributed by atoms with E-state index < -0.39 is 10.1 Å². The minimum atomic E-state index is -4.27. The van der Waals surface area contributed by atoms with Crippen LogP contribution in [-0.4, -0.2) is 69.7 Å². The van der Waals surface area contributed by atoms with Crippen LogP contribution in [0.15, 0.2) is 46.2 Å². The van der Waals surface area contributed by atoms with Crippen molar-refractivity contribution in [2.45, 2.75) is 192 Å². The summed E-state index contributed by atoms with van der Waals surface area (Å²) in [5.74, 6) is -0.289. The number of benzene rings is 1. The molecule has 3 atom stereocenters. The van der Waals surface area contributed by atoms with Crippen LogP contribution in [0, 0.1) is 6.92 Å². The molecule has 1 N–H and O–H groups in total. The van der Waals surface area contributed by atoms with E-state index in [4.69, 9.17) is 18.9 Å². The molecule has 0 saturated carbocycles. The molecule has 0 aliphatic carbocycles. The molecule has 0 spiro atoms. The van der Waals surface area contributed by atoms with Crippen LogP contribution in [0.2, 0.25) is 0 Å². The molecule has 0 radical (unpaired) electrons. The number of hydrogen-bond acceptors (Lipinski definition) is 10. The fraction of sp³-hybridized carbons (Fsp3) is 0.750. The van der Waals surface area contributed by atoms with Gasteiger partial charge in [-0.05, 0) is 57.6 Å². The Balaban J connectivity index is 0.000000872. The molecule has 1 aliphatic heterocycles. The summed E-state index contributed by atoms with van der Waals surface area (Å²) in [6.07, 6.45) is 27.5.